The highest BCUT2D eigenvalue weighted by Crippen LogP contribution is 2.56. The summed E-state index contributed by atoms with van der Waals surface area (Å²) in [7, 11) is 0. The number of carbonyl (C=O) groups excluding carboxylic acids is 1. The lowest BCUT2D eigenvalue weighted by Crippen LogP contribution is -2.41. The molecule has 0 saturated heterocycles. The molecule has 0 unspecified atom stereocenters. The molecule has 4 nitrogen and oxygen atoms in total. The van der Waals surface area contributed by atoms with Crippen LogP contribution >= 0.6 is 11.3 Å². The molecule has 1 saturated carbocycles. The van der Waals surface area contributed by atoms with Crippen molar-refractivity contribution in [2.45, 2.75) is 32.2 Å². The minimum atomic E-state index is -3.05. The second-order valence-electron chi connectivity index (χ2n) is 4.73. The van der Waals surface area contributed by atoms with E-state index in [9.17, 15) is 18.4 Å². The molecule has 0 radical (unpaired) electrons. The van der Waals surface area contributed by atoms with E-state index in [1.54, 1.807) is 11.4 Å². The molecule has 0 aliphatic heterocycles. The molecule has 1 heterocycles. The quantitative estimate of drug-likeness (QED) is 0.875. The van der Waals surface area contributed by atoms with E-state index in [1.165, 1.54) is 0 Å². The van der Waals surface area contributed by atoms with Crippen LogP contribution in [0, 0.1) is 5.41 Å². The van der Waals surface area contributed by atoms with E-state index in [4.69, 9.17) is 5.11 Å². The summed E-state index contributed by atoms with van der Waals surface area (Å²) in [5, 5.41) is 12.9. The number of amides is 1. The Hall–Kier alpha value is -1.50. The van der Waals surface area contributed by atoms with Crippen LogP contribution in [0.3, 0.4) is 0 Å². The van der Waals surface area contributed by atoms with E-state index in [1.807, 2.05) is 0 Å². The number of carboxylic acid groups (broad SMARTS) is 1. The van der Waals surface area contributed by atoms with E-state index in [2.05, 4.69) is 5.32 Å². The van der Waals surface area contributed by atoms with Crippen molar-refractivity contribution >= 4 is 23.2 Å². The van der Waals surface area contributed by atoms with E-state index in [-0.39, 0.29) is 24.3 Å². The van der Waals surface area contributed by atoms with Crippen LogP contribution in [-0.4, -0.2) is 22.9 Å². The molecule has 0 atom stereocenters. The maximum Gasteiger partial charge on any atom is 0.346 e. The number of carboxylic acids is 1. The predicted octanol–water partition coefficient (Wildman–Crippen LogP) is 2.50. The first-order valence-corrected chi connectivity index (χ1v) is 6.62. The third-order valence-corrected chi connectivity index (χ3v) is 4.35. The van der Waals surface area contributed by atoms with Gasteiger partial charge in [-0.2, -0.15) is 0 Å². The lowest BCUT2D eigenvalue weighted by Gasteiger charge is -2.21. The molecule has 0 bridgehead atoms. The Balaban J connectivity index is 2.02. The van der Waals surface area contributed by atoms with E-state index < -0.39 is 23.2 Å². The van der Waals surface area contributed by atoms with Crippen LogP contribution in [0.25, 0.3) is 0 Å². The average molecular weight is 289 g/mol. The first-order valence-electron chi connectivity index (χ1n) is 5.74. The summed E-state index contributed by atoms with van der Waals surface area (Å²) < 4.78 is 26.7. The highest BCUT2D eigenvalue weighted by molar-refractivity contribution is 7.12. The molecule has 2 rings (SSSR count). The molecular formula is C12H13F2NO3S. The van der Waals surface area contributed by atoms with Gasteiger partial charge in [0, 0.05) is 13.5 Å². The third-order valence-electron chi connectivity index (χ3n) is 3.41. The second kappa shape index (κ2) is 4.56. The molecule has 1 aliphatic rings. The van der Waals surface area contributed by atoms with Crippen LogP contribution < -0.4 is 5.32 Å². The average Bonchev–Trinajstić information content (AvgIpc) is 2.99. The Morgan fingerprint density at radius 3 is 2.63 bits per heavy atom. The number of aromatic carboxylic acids is 1. The smallest absolute Gasteiger partial charge is 0.346 e. The number of hydrogen-bond acceptors (Lipinski definition) is 3. The highest BCUT2D eigenvalue weighted by Gasteiger charge is 2.64. The molecule has 7 heteroatoms. The van der Waals surface area contributed by atoms with Gasteiger partial charge in [0.25, 0.3) is 5.92 Å². The molecule has 2 N–H and O–H groups in total. The Labute approximate surface area is 112 Å². The van der Waals surface area contributed by atoms with E-state index in [0.29, 0.717) is 5.56 Å². The van der Waals surface area contributed by atoms with Crippen molar-refractivity contribution in [1.29, 1.82) is 0 Å². The number of carbonyl (C=O) groups is 2. The monoisotopic (exact) mass is 289 g/mol. The van der Waals surface area contributed by atoms with Crippen molar-refractivity contribution in [2.24, 2.45) is 5.41 Å². The second-order valence-corrected chi connectivity index (χ2v) is 5.65. The van der Waals surface area contributed by atoms with Gasteiger partial charge in [0.2, 0.25) is 5.91 Å². The molecule has 1 aliphatic carbocycles. The Kier molecular flexibility index (Phi) is 3.34. The van der Waals surface area contributed by atoms with Crippen molar-refractivity contribution in [3.05, 3.63) is 21.9 Å². The predicted molar refractivity (Wildman–Crippen MR) is 65.4 cm³/mol. The minimum absolute atomic E-state index is 0.0399. The molecule has 104 valence electrons. The maximum atomic E-state index is 13.3. The lowest BCUT2D eigenvalue weighted by molar-refractivity contribution is -0.141. The zero-order chi connectivity index (χ0) is 14.3. The SMILES string of the molecule is CC(F)(F)C1(C(=O)NCc2ccsc2C(=O)O)CC1. The van der Waals surface area contributed by atoms with Crippen LogP contribution in [0.15, 0.2) is 11.4 Å². The van der Waals surface area contributed by atoms with Crippen LogP contribution in [0.5, 0.6) is 0 Å². The normalized spacial score (nSPS) is 17.0. The number of hydrogen-bond donors (Lipinski definition) is 2. The van der Waals surface area contributed by atoms with Gasteiger partial charge in [0.1, 0.15) is 10.3 Å². The van der Waals surface area contributed by atoms with Gasteiger partial charge in [-0.1, -0.05) is 0 Å². The molecule has 1 aromatic heterocycles. The van der Waals surface area contributed by atoms with Crippen LogP contribution in [-0.2, 0) is 11.3 Å². The van der Waals surface area contributed by atoms with Gasteiger partial charge in [0.05, 0.1) is 0 Å². The van der Waals surface area contributed by atoms with Gasteiger partial charge in [-0.25, -0.2) is 13.6 Å². The zero-order valence-electron chi connectivity index (χ0n) is 10.2. The zero-order valence-corrected chi connectivity index (χ0v) is 11.0. The van der Waals surface area contributed by atoms with Gasteiger partial charge in [0.15, 0.2) is 0 Å². The Morgan fingerprint density at radius 2 is 2.16 bits per heavy atom. The summed E-state index contributed by atoms with van der Waals surface area (Å²) >= 11 is 1.04. The fourth-order valence-corrected chi connectivity index (χ4v) is 2.76. The van der Waals surface area contributed by atoms with Crippen LogP contribution in [0.4, 0.5) is 8.78 Å². The number of thiophene rings is 1. The van der Waals surface area contributed by atoms with E-state index >= 15 is 0 Å². The fourth-order valence-electron chi connectivity index (χ4n) is 2.00. The Morgan fingerprint density at radius 1 is 1.53 bits per heavy atom. The standard InChI is InChI=1S/C12H13F2NO3S/c1-11(13,14)12(3-4-12)10(18)15-6-7-2-5-19-8(7)9(16)17/h2,5H,3-4,6H2,1H3,(H,15,18)(H,16,17). The van der Waals surface area contributed by atoms with Gasteiger partial charge in [-0.05, 0) is 29.9 Å². The first kappa shape index (κ1) is 13.9. The summed E-state index contributed by atoms with van der Waals surface area (Å²) in [5.74, 6) is -4.84. The molecule has 0 aromatic carbocycles. The van der Waals surface area contributed by atoms with Gasteiger partial charge in [-0.15, -0.1) is 11.3 Å². The summed E-state index contributed by atoms with van der Waals surface area (Å²) in [6.07, 6.45) is 0.329. The topological polar surface area (TPSA) is 66.4 Å². The van der Waals surface area contributed by atoms with Crippen molar-refractivity contribution in [3.8, 4) is 0 Å². The van der Waals surface area contributed by atoms with E-state index in [0.717, 1.165) is 18.3 Å². The summed E-state index contributed by atoms with van der Waals surface area (Å²) in [4.78, 5) is 22.8. The number of rotatable bonds is 5. The molecule has 0 spiro atoms. The largest absolute Gasteiger partial charge is 0.477 e. The molecule has 19 heavy (non-hydrogen) atoms. The van der Waals surface area contributed by atoms with Crippen molar-refractivity contribution in [2.75, 3.05) is 0 Å². The maximum absolute atomic E-state index is 13.3. The van der Waals surface area contributed by atoms with Gasteiger partial charge < -0.3 is 10.4 Å². The number of alkyl halides is 2. The molecule has 1 aromatic rings. The van der Waals surface area contributed by atoms with Gasteiger partial charge in [-0.3, -0.25) is 4.79 Å². The van der Waals surface area contributed by atoms with Crippen molar-refractivity contribution in [1.82, 2.24) is 5.32 Å². The van der Waals surface area contributed by atoms with Crippen LogP contribution in [0.2, 0.25) is 0 Å². The minimum Gasteiger partial charge on any atom is -0.477 e. The van der Waals surface area contributed by atoms with Gasteiger partial charge >= 0.3 is 5.97 Å². The summed E-state index contributed by atoms with van der Waals surface area (Å²) in [5.41, 5.74) is -1.17. The molecule has 1 fully saturated rings. The van der Waals surface area contributed by atoms with Crippen LogP contribution in [0.1, 0.15) is 35.0 Å². The first-order chi connectivity index (χ1) is 8.78. The third kappa shape index (κ3) is 2.47. The fraction of sp³-hybridized carbons (Fsp3) is 0.500. The lowest BCUT2D eigenvalue weighted by atomic mass is 9.98. The number of nitrogens with one attached hydrogen (secondary N) is 1. The molecule has 1 amide bonds. The summed E-state index contributed by atoms with van der Waals surface area (Å²) in [6.45, 7) is 0.703. The number of halogens is 2. The highest BCUT2D eigenvalue weighted by atomic mass is 32.1. The molecular weight excluding hydrogens is 276 g/mol. The Bertz CT molecular complexity index is 517. The summed E-state index contributed by atoms with van der Waals surface area (Å²) in [6, 6.07) is 1.57. The van der Waals surface area contributed by atoms with Crippen molar-refractivity contribution < 1.29 is 23.5 Å². The van der Waals surface area contributed by atoms with Crippen molar-refractivity contribution in [3.63, 3.8) is 0 Å².